The molecule has 2 aliphatic heterocycles. The summed E-state index contributed by atoms with van der Waals surface area (Å²) in [6.07, 6.45) is -9.75. The van der Waals surface area contributed by atoms with E-state index in [2.05, 4.69) is 0 Å². The molecule has 0 saturated carbocycles. The summed E-state index contributed by atoms with van der Waals surface area (Å²) in [5.74, 6) is -3.36. The molecule has 0 aromatic heterocycles. The van der Waals surface area contributed by atoms with Crippen molar-refractivity contribution in [2.75, 3.05) is 4.90 Å². The normalized spacial score (nSPS) is 28.3. The van der Waals surface area contributed by atoms with Gasteiger partial charge in [0.2, 0.25) is 5.91 Å². The van der Waals surface area contributed by atoms with E-state index < -0.39 is 66.4 Å². The average Bonchev–Trinajstić information content (AvgIpc) is 2.97. The van der Waals surface area contributed by atoms with Crippen LogP contribution in [0.1, 0.15) is 36.1 Å². The summed E-state index contributed by atoms with van der Waals surface area (Å²) in [6, 6.07) is 16.5. The summed E-state index contributed by atoms with van der Waals surface area (Å²) in [7, 11) is 0. The molecule has 0 spiro atoms. The second kappa shape index (κ2) is 12.1. The third-order valence-electron chi connectivity index (χ3n) is 7.65. The maximum absolute atomic E-state index is 13.7. The molecule has 3 aromatic rings. The lowest BCUT2D eigenvalue weighted by molar-refractivity contribution is -0.306. The number of aromatic hydroxyl groups is 1. The first-order valence-electron chi connectivity index (χ1n) is 13.3. The Labute approximate surface area is 239 Å². The van der Waals surface area contributed by atoms with E-state index in [9.17, 15) is 43.9 Å². The summed E-state index contributed by atoms with van der Waals surface area (Å²) in [6.45, 7) is 0. The molecular formula is C30H29F2NO9. The Morgan fingerprint density at radius 2 is 1.48 bits per heavy atom. The molecular weight excluding hydrogens is 556 g/mol. The predicted molar refractivity (Wildman–Crippen MR) is 142 cm³/mol. The summed E-state index contributed by atoms with van der Waals surface area (Å²) in [4.78, 5) is 26.5. The van der Waals surface area contributed by atoms with Crippen molar-refractivity contribution >= 4 is 17.6 Å². The number of amides is 1. The first kappa shape index (κ1) is 29.5. The lowest BCUT2D eigenvalue weighted by Crippen LogP contribution is -2.60. The molecule has 2 heterocycles. The highest BCUT2D eigenvalue weighted by molar-refractivity contribution is 6.03. The first-order valence-corrected chi connectivity index (χ1v) is 13.3. The number of β-lactam (4-membered cyclic amide) rings is 1. The third kappa shape index (κ3) is 5.85. The van der Waals surface area contributed by atoms with Crippen molar-refractivity contribution in [1.29, 1.82) is 0 Å². The van der Waals surface area contributed by atoms with Gasteiger partial charge < -0.3 is 39.9 Å². The zero-order chi connectivity index (χ0) is 30.1. The van der Waals surface area contributed by atoms with Crippen molar-refractivity contribution in [1.82, 2.24) is 0 Å². The van der Waals surface area contributed by atoms with Crippen molar-refractivity contribution in [3.8, 4) is 5.75 Å². The molecule has 0 bridgehead atoms. The quantitative estimate of drug-likeness (QED) is 0.238. The van der Waals surface area contributed by atoms with Gasteiger partial charge in [0.25, 0.3) is 0 Å². The van der Waals surface area contributed by atoms with Gasteiger partial charge in [-0.1, -0.05) is 24.3 Å². The van der Waals surface area contributed by atoms with Gasteiger partial charge in [-0.05, 0) is 72.5 Å². The largest absolute Gasteiger partial charge is 0.508 e. The topological polar surface area (TPSA) is 157 Å². The highest BCUT2D eigenvalue weighted by Crippen LogP contribution is 2.47. The average molecular weight is 586 g/mol. The zero-order valence-electron chi connectivity index (χ0n) is 22.0. The number of carboxylic acids is 1. The van der Waals surface area contributed by atoms with E-state index in [1.54, 1.807) is 12.1 Å². The van der Waals surface area contributed by atoms with Crippen LogP contribution in [0.25, 0.3) is 0 Å². The SMILES string of the molecule is O=C(O)[C@H]1O[C@H](O[C@@H](CC[C@H]2C(=O)N(c3ccc(F)cc3)[C@@H]2c2ccc(O)cc2)c2ccc(F)cc2)[C@H](O)[C@@H](O)[C@@H]1O. The van der Waals surface area contributed by atoms with E-state index in [-0.39, 0.29) is 24.5 Å². The number of anilines is 1. The molecule has 1 amide bonds. The molecule has 2 saturated heterocycles. The molecule has 10 nitrogen and oxygen atoms in total. The molecule has 0 unspecified atom stereocenters. The molecule has 2 aliphatic rings. The minimum Gasteiger partial charge on any atom is -0.508 e. The lowest BCUT2D eigenvalue weighted by atomic mass is 9.78. The van der Waals surface area contributed by atoms with E-state index in [1.807, 2.05) is 0 Å². The Kier molecular flexibility index (Phi) is 8.53. The third-order valence-corrected chi connectivity index (χ3v) is 7.65. The van der Waals surface area contributed by atoms with Crippen LogP contribution in [0.3, 0.4) is 0 Å². The Bertz CT molecular complexity index is 1400. The molecule has 0 aliphatic carbocycles. The van der Waals surface area contributed by atoms with Crippen LogP contribution in [-0.2, 0) is 19.1 Å². The standard InChI is InChI=1S/C30H29F2NO9/c31-17-5-1-15(2-6-17)22(41-30-26(37)24(35)25(36)27(42-30)29(39)40)14-13-21-23(16-3-11-20(34)12-4-16)33(28(21)38)19-9-7-18(32)8-10-19/h1-12,21-27,30,34-37H,13-14H2,(H,39,40)/t21-,22+,23-,24+,25+,26-,27+,30+/m1/s1. The van der Waals surface area contributed by atoms with E-state index >= 15 is 0 Å². The highest BCUT2D eigenvalue weighted by atomic mass is 19.1. The van der Waals surface area contributed by atoms with Crippen LogP contribution in [0.4, 0.5) is 14.5 Å². The fraction of sp³-hybridized carbons (Fsp3) is 0.333. The van der Waals surface area contributed by atoms with Crippen LogP contribution in [0.2, 0.25) is 0 Å². The smallest absolute Gasteiger partial charge is 0.335 e. The molecule has 8 atom stereocenters. The number of halogens is 2. The Morgan fingerprint density at radius 1 is 0.881 bits per heavy atom. The van der Waals surface area contributed by atoms with Crippen LogP contribution < -0.4 is 4.90 Å². The summed E-state index contributed by atoms with van der Waals surface area (Å²) in [5, 5.41) is 49.9. The van der Waals surface area contributed by atoms with Gasteiger partial charge in [0.05, 0.1) is 18.1 Å². The second-order valence-corrected chi connectivity index (χ2v) is 10.3. The minimum atomic E-state index is -1.90. The number of aliphatic hydroxyl groups excluding tert-OH is 3. The van der Waals surface area contributed by atoms with Crippen LogP contribution in [-0.4, -0.2) is 68.1 Å². The number of rotatable bonds is 9. The van der Waals surface area contributed by atoms with Crippen molar-refractivity contribution in [3.05, 3.63) is 95.6 Å². The number of aliphatic hydroxyl groups is 3. The van der Waals surface area contributed by atoms with Crippen molar-refractivity contribution in [2.45, 2.75) is 55.7 Å². The van der Waals surface area contributed by atoms with Gasteiger partial charge in [-0.2, -0.15) is 0 Å². The number of aliphatic carboxylic acids is 1. The van der Waals surface area contributed by atoms with Crippen molar-refractivity contribution in [3.63, 3.8) is 0 Å². The number of ether oxygens (including phenoxy) is 2. The highest BCUT2D eigenvalue weighted by Gasteiger charge is 2.50. The number of hydrogen-bond acceptors (Lipinski definition) is 8. The number of carbonyl (C=O) groups is 2. The monoisotopic (exact) mass is 585 g/mol. The number of benzene rings is 3. The Balaban J connectivity index is 1.40. The van der Waals surface area contributed by atoms with Crippen LogP contribution in [0, 0.1) is 17.6 Å². The van der Waals surface area contributed by atoms with Gasteiger partial charge in [0.1, 0.15) is 35.7 Å². The molecule has 222 valence electrons. The van der Waals surface area contributed by atoms with Gasteiger partial charge in [0, 0.05) is 5.69 Å². The molecule has 3 aromatic carbocycles. The predicted octanol–water partition coefficient (Wildman–Crippen LogP) is 2.80. The van der Waals surface area contributed by atoms with E-state index in [0.29, 0.717) is 16.8 Å². The van der Waals surface area contributed by atoms with Gasteiger partial charge >= 0.3 is 5.97 Å². The van der Waals surface area contributed by atoms with Crippen LogP contribution >= 0.6 is 0 Å². The number of nitrogens with zero attached hydrogens (tertiary/aromatic N) is 1. The molecule has 5 rings (SSSR count). The minimum absolute atomic E-state index is 0.0390. The summed E-state index contributed by atoms with van der Waals surface area (Å²) in [5.41, 5.74) is 1.63. The number of carbonyl (C=O) groups excluding carboxylic acids is 1. The molecule has 12 heteroatoms. The second-order valence-electron chi connectivity index (χ2n) is 10.3. The molecule has 42 heavy (non-hydrogen) atoms. The zero-order valence-corrected chi connectivity index (χ0v) is 22.0. The summed E-state index contributed by atoms with van der Waals surface area (Å²) >= 11 is 0. The number of phenolic OH excluding ortho intramolecular Hbond substituents is 1. The number of carboxylic acid groups (broad SMARTS) is 1. The fourth-order valence-electron chi connectivity index (χ4n) is 5.42. The van der Waals surface area contributed by atoms with Crippen molar-refractivity contribution in [2.24, 2.45) is 5.92 Å². The number of hydrogen-bond donors (Lipinski definition) is 5. The van der Waals surface area contributed by atoms with Gasteiger partial charge in [-0.15, -0.1) is 0 Å². The van der Waals surface area contributed by atoms with E-state index in [0.717, 1.165) is 0 Å². The van der Waals surface area contributed by atoms with Gasteiger partial charge in [-0.3, -0.25) is 4.79 Å². The molecule has 5 N–H and O–H groups in total. The van der Waals surface area contributed by atoms with E-state index in [1.165, 1.54) is 65.6 Å². The van der Waals surface area contributed by atoms with Gasteiger partial charge in [0.15, 0.2) is 12.4 Å². The van der Waals surface area contributed by atoms with Crippen molar-refractivity contribution < 1.29 is 53.4 Å². The molecule has 2 fully saturated rings. The Morgan fingerprint density at radius 3 is 2.07 bits per heavy atom. The molecule has 0 radical (unpaired) electrons. The van der Waals surface area contributed by atoms with Gasteiger partial charge in [-0.25, -0.2) is 13.6 Å². The summed E-state index contributed by atoms with van der Waals surface area (Å²) < 4.78 is 38.5. The fourth-order valence-corrected chi connectivity index (χ4v) is 5.42. The number of phenols is 1. The first-order chi connectivity index (χ1) is 20.0. The van der Waals surface area contributed by atoms with E-state index in [4.69, 9.17) is 9.47 Å². The maximum atomic E-state index is 13.7. The van der Waals surface area contributed by atoms with Crippen LogP contribution in [0.5, 0.6) is 5.75 Å². The Hall–Kier alpha value is -3.94. The lowest BCUT2D eigenvalue weighted by Gasteiger charge is -2.48. The van der Waals surface area contributed by atoms with Crippen LogP contribution in [0.15, 0.2) is 72.8 Å². The maximum Gasteiger partial charge on any atom is 0.335 e.